The molecule has 0 atom stereocenters. The highest BCUT2D eigenvalue weighted by Gasteiger charge is 2.21. The number of nitrogens with one attached hydrogen (secondary N) is 1. The molecule has 0 radical (unpaired) electrons. The lowest BCUT2D eigenvalue weighted by atomic mass is 10.1. The molecule has 3 rings (SSSR count). The first-order chi connectivity index (χ1) is 13.3. The maximum Gasteiger partial charge on any atom is 0.270 e. The average Bonchev–Trinajstić information content (AvgIpc) is 2.68. The molecule has 0 bridgehead atoms. The summed E-state index contributed by atoms with van der Waals surface area (Å²) in [6.45, 7) is 14.6. The average molecular weight is 382 g/mol. The van der Waals surface area contributed by atoms with Gasteiger partial charge in [0.15, 0.2) is 0 Å². The fourth-order valence-corrected chi connectivity index (χ4v) is 3.47. The maximum atomic E-state index is 12.4. The number of hydrogen-bond acceptors (Lipinski definition) is 5. The van der Waals surface area contributed by atoms with E-state index in [4.69, 9.17) is 0 Å². The molecule has 2 aromatic rings. The van der Waals surface area contributed by atoms with E-state index in [-0.39, 0.29) is 5.91 Å². The number of carbonyl (C=O) groups excluding carboxylic acids is 1. The Balaban J connectivity index is 1.70. The Morgan fingerprint density at radius 3 is 2.43 bits per heavy atom. The monoisotopic (exact) mass is 381 g/mol. The quantitative estimate of drug-likeness (QED) is 0.862. The van der Waals surface area contributed by atoms with Crippen molar-refractivity contribution < 1.29 is 4.79 Å². The number of aromatic nitrogens is 2. The van der Waals surface area contributed by atoms with Crippen molar-refractivity contribution >= 4 is 17.4 Å². The van der Waals surface area contributed by atoms with Crippen LogP contribution in [0, 0.1) is 26.7 Å². The molecule has 28 heavy (non-hydrogen) atoms. The molecule has 0 saturated carbocycles. The number of hydrogen-bond donors (Lipinski definition) is 1. The molecule has 1 aliphatic heterocycles. The summed E-state index contributed by atoms with van der Waals surface area (Å²) in [7, 11) is 0. The molecule has 2 heterocycles. The Bertz CT molecular complexity index is 841. The Kier molecular flexibility index (Phi) is 6.17. The molecule has 1 amide bonds. The predicted octanol–water partition coefficient (Wildman–Crippen LogP) is 3.11. The molecule has 150 valence electrons. The van der Waals surface area contributed by atoms with Crippen molar-refractivity contribution in [3.63, 3.8) is 0 Å². The SMILES string of the molecule is Cc1nc(C(=O)NCC(C)C)cc(N2CCN(c3cccc(C)c3C)CC2)n1. The molecule has 6 heteroatoms. The van der Waals surface area contributed by atoms with Crippen LogP contribution in [-0.4, -0.2) is 48.6 Å². The van der Waals surface area contributed by atoms with Gasteiger partial charge in [-0.3, -0.25) is 4.79 Å². The molecule has 6 nitrogen and oxygen atoms in total. The van der Waals surface area contributed by atoms with Crippen molar-refractivity contribution in [2.45, 2.75) is 34.6 Å². The number of rotatable bonds is 5. The highest BCUT2D eigenvalue weighted by Crippen LogP contribution is 2.25. The summed E-state index contributed by atoms with van der Waals surface area (Å²) in [6, 6.07) is 8.30. The van der Waals surface area contributed by atoms with Crippen molar-refractivity contribution in [2.75, 3.05) is 42.5 Å². The Morgan fingerprint density at radius 2 is 1.75 bits per heavy atom. The van der Waals surface area contributed by atoms with Crippen molar-refractivity contribution in [2.24, 2.45) is 5.92 Å². The second-order valence-corrected chi connectivity index (χ2v) is 7.96. The summed E-state index contributed by atoms with van der Waals surface area (Å²) >= 11 is 0. The zero-order chi connectivity index (χ0) is 20.3. The van der Waals surface area contributed by atoms with E-state index in [2.05, 4.69) is 71.0 Å². The molecule has 0 aliphatic carbocycles. The number of aryl methyl sites for hydroxylation is 2. The fourth-order valence-electron chi connectivity index (χ4n) is 3.47. The van der Waals surface area contributed by atoms with Crippen LogP contribution in [0.25, 0.3) is 0 Å². The minimum Gasteiger partial charge on any atom is -0.368 e. The molecule has 1 N–H and O–H groups in total. The summed E-state index contributed by atoms with van der Waals surface area (Å²) in [4.78, 5) is 26.0. The zero-order valence-corrected chi connectivity index (χ0v) is 17.6. The van der Waals surface area contributed by atoms with Gasteiger partial charge in [-0.25, -0.2) is 9.97 Å². The molecule has 1 fully saturated rings. The fraction of sp³-hybridized carbons (Fsp3) is 0.500. The van der Waals surface area contributed by atoms with Crippen LogP contribution in [-0.2, 0) is 0 Å². The van der Waals surface area contributed by atoms with E-state index in [1.54, 1.807) is 0 Å². The Morgan fingerprint density at radius 1 is 1.07 bits per heavy atom. The van der Waals surface area contributed by atoms with Crippen molar-refractivity contribution in [1.82, 2.24) is 15.3 Å². The van der Waals surface area contributed by atoms with Crippen LogP contribution >= 0.6 is 0 Å². The van der Waals surface area contributed by atoms with Crippen molar-refractivity contribution in [3.05, 3.63) is 46.9 Å². The summed E-state index contributed by atoms with van der Waals surface area (Å²) < 4.78 is 0. The smallest absolute Gasteiger partial charge is 0.270 e. The van der Waals surface area contributed by atoms with Gasteiger partial charge in [-0.05, 0) is 43.9 Å². The van der Waals surface area contributed by atoms with E-state index in [1.165, 1.54) is 16.8 Å². The highest BCUT2D eigenvalue weighted by molar-refractivity contribution is 5.93. The normalized spacial score (nSPS) is 14.5. The minimum atomic E-state index is -0.130. The van der Waals surface area contributed by atoms with Crippen LogP contribution in [0.3, 0.4) is 0 Å². The van der Waals surface area contributed by atoms with E-state index >= 15 is 0 Å². The first kappa shape index (κ1) is 20.1. The lowest BCUT2D eigenvalue weighted by Crippen LogP contribution is -2.47. The third-order valence-corrected chi connectivity index (χ3v) is 5.25. The van der Waals surface area contributed by atoms with Gasteiger partial charge in [0, 0.05) is 44.5 Å². The van der Waals surface area contributed by atoms with E-state index < -0.39 is 0 Å². The van der Waals surface area contributed by atoms with Gasteiger partial charge in [-0.1, -0.05) is 26.0 Å². The maximum absolute atomic E-state index is 12.4. The van der Waals surface area contributed by atoms with Gasteiger partial charge in [0.2, 0.25) is 0 Å². The number of nitrogens with zero attached hydrogens (tertiary/aromatic N) is 4. The van der Waals surface area contributed by atoms with Crippen LogP contribution in [0.15, 0.2) is 24.3 Å². The van der Waals surface area contributed by atoms with Gasteiger partial charge >= 0.3 is 0 Å². The number of piperazine rings is 1. The third-order valence-electron chi connectivity index (χ3n) is 5.25. The van der Waals surface area contributed by atoms with Crippen LogP contribution in [0.1, 0.15) is 41.3 Å². The Hall–Kier alpha value is -2.63. The third kappa shape index (κ3) is 4.61. The van der Waals surface area contributed by atoms with Gasteiger partial charge in [0.1, 0.15) is 17.3 Å². The van der Waals surface area contributed by atoms with Crippen LogP contribution in [0.4, 0.5) is 11.5 Å². The molecule has 1 aliphatic rings. The predicted molar refractivity (Wildman–Crippen MR) is 114 cm³/mol. The van der Waals surface area contributed by atoms with Crippen LogP contribution in [0.2, 0.25) is 0 Å². The molecule has 1 aromatic heterocycles. The highest BCUT2D eigenvalue weighted by atomic mass is 16.1. The molecule has 0 unspecified atom stereocenters. The molecule has 1 aromatic carbocycles. The topological polar surface area (TPSA) is 61.4 Å². The summed E-state index contributed by atoms with van der Waals surface area (Å²) in [5, 5.41) is 2.94. The second kappa shape index (κ2) is 8.59. The van der Waals surface area contributed by atoms with Crippen molar-refractivity contribution in [1.29, 1.82) is 0 Å². The first-order valence-corrected chi connectivity index (χ1v) is 10.0. The molecule has 0 spiro atoms. The number of amides is 1. The van der Waals surface area contributed by atoms with E-state index in [9.17, 15) is 4.79 Å². The lowest BCUT2D eigenvalue weighted by molar-refractivity contribution is 0.0943. The first-order valence-electron chi connectivity index (χ1n) is 10.0. The van der Waals surface area contributed by atoms with E-state index in [0.717, 1.165) is 32.0 Å². The van der Waals surface area contributed by atoms with Gasteiger partial charge in [-0.15, -0.1) is 0 Å². The van der Waals surface area contributed by atoms with E-state index in [1.807, 2.05) is 13.0 Å². The van der Waals surface area contributed by atoms with Crippen LogP contribution < -0.4 is 15.1 Å². The van der Waals surface area contributed by atoms with Gasteiger partial charge in [0.05, 0.1) is 0 Å². The zero-order valence-electron chi connectivity index (χ0n) is 17.6. The summed E-state index contributed by atoms with van der Waals surface area (Å²) in [5.41, 5.74) is 4.42. The van der Waals surface area contributed by atoms with E-state index in [0.29, 0.717) is 24.0 Å². The second-order valence-electron chi connectivity index (χ2n) is 7.96. The summed E-state index contributed by atoms with van der Waals surface area (Å²) in [6.07, 6.45) is 0. The number of benzene rings is 1. The summed E-state index contributed by atoms with van der Waals surface area (Å²) in [5.74, 6) is 1.74. The Labute approximate surface area is 168 Å². The number of carbonyl (C=O) groups is 1. The van der Waals surface area contributed by atoms with Crippen molar-refractivity contribution in [3.8, 4) is 0 Å². The molecular weight excluding hydrogens is 350 g/mol. The molecular formula is C22H31N5O. The molecule has 1 saturated heterocycles. The lowest BCUT2D eigenvalue weighted by Gasteiger charge is -2.37. The standard InChI is InChI=1S/C22H31N5O/c1-15(2)14-23-22(28)19-13-21(25-18(5)24-19)27-11-9-26(10-12-27)20-8-6-7-16(3)17(20)4/h6-8,13,15H,9-12,14H2,1-5H3,(H,23,28). The largest absolute Gasteiger partial charge is 0.368 e. The van der Waals surface area contributed by atoms with Gasteiger partial charge < -0.3 is 15.1 Å². The van der Waals surface area contributed by atoms with Gasteiger partial charge in [-0.2, -0.15) is 0 Å². The minimum absolute atomic E-state index is 0.130. The van der Waals surface area contributed by atoms with Crippen LogP contribution in [0.5, 0.6) is 0 Å². The van der Waals surface area contributed by atoms with Gasteiger partial charge in [0.25, 0.3) is 5.91 Å². The number of anilines is 2.